The van der Waals surface area contributed by atoms with Crippen molar-refractivity contribution in [2.75, 3.05) is 13.1 Å². The maximum Gasteiger partial charge on any atom is 0.131 e. The van der Waals surface area contributed by atoms with Crippen molar-refractivity contribution in [3.63, 3.8) is 0 Å². The first-order valence-electron chi connectivity index (χ1n) is 6.52. The summed E-state index contributed by atoms with van der Waals surface area (Å²) in [5.74, 6) is 0.928. The van der Waals surface area contributed by atoms with Gasteiger partial charge in [-0.25, -0.2) is 0 Å². The van der Waals surface area contributed by atoms with Crippen molar-refractivity contribution in [3.05, 3.63) is 16.4 Å². The Labute approximate surface area is 109 Å². The molecule has 0 spiro atoms. The van der Waals surface area contributed by atoms with Crippen LogP contribution in [0.3, 0.4) is 0 Å². The largest absolute Gasteiger partial charge is 0.299 e. The zero-order chi connectivity index (χ0) is 12.4. The molecule has 1 aromatic heterocycles. The van der Waals surface area contributed by atoms with Crippen molar-refractivity contribution in [2.45, 2.75) is 39.7 Å². The fraction of sp³-hybridized carbons (Fsp3) is 0.769. The summed E-state index contributed by atoms with van der Waals surface area (Å²) in [6, 6.07) is 0. The van der Waals surface area contributed by atoms with Gasteiger partial charge in [0.05, 0.1) is 5.69 Å². The average Bonchev–Trinajstić information content (AvgIpc) is 2.57. The van der Waals surface area contributed by atoms with E-state index < -0.39 is 0 Å². The average molecular weight is 256 g/mol. The highest BCUT2D eigenvalue weighted by Crippen LogP contribution is 2.25. The van der Waals surface area contributed by atoms with E-state index in [2.05, 4.69) is 16.9 Å². The van der Waals surface area contributed by atoms with Crippen LogP contribution in [0.15, 0.2) is 0 Å². The maximum absolute atomic E-state index is 6.26. The minimum absolute atomic E-state index is 0.792. The molecule has 0 saturated carbocycles. The molecule has 17 heavy (non-hydrogen) atoms. The fourth-order valence-corrected chi connectivity index (χ4v) is 2.86. The Bertz CT molecular complexity index is 378. The summed E-state index contributed by atoms with van der Waals surface area (Å²) in [7, 11) is 1.90. The van der Waals surface area contributed by atoms with Gasteiger partial charge in [0.25, 0.3) is 0 Å². The van der Waals surface area contributed by atoms with Crippen molar-refractivity contribution in [1.29, 1.82) is 0 Å². The summed E-state index contributed by atoms with van der Waals surface area (Å²) in [5, 5.41) is 5.16. The van der Waals surface area contributed by atoms with E-state index in [9.17, 15) is 0 Å². The van der Waals surface area contributed by atoms with E-state index in [1.54, 1.807) is 4.68 Å². The Morgan fingerprint density at radius 1 is 1.35 bits per heavy atom. The molecule has 0 unspecified atom stereocenters. The van der Waals surface area contributed by atoms with Gasteiger partial charge in [0.1, 0.15) is 5.15 Å². The monoisotopic (exact) mass is 255 g/mol. The second kappa shape index (κ2) is 5.40. The quantitative estimate of drug-likeness (QED) is 0.828. The molecule has 0 aromatic carbocycles. The van der Waals surface area contributed by atoms with Crippen LogP contribution < -0.4 is 0 Å². The normalized spacial score (nSPS) is 18.8. The molecule has 1 aromatic rings. The highest BCUT2D eigenvalue weighted by Gasteiger charge is 2.20. The van der Waals surface area contributed by atoms with Gasteiger partial charge in [0, 0.05) is 19.2 Å². The van der Waals surface area contributed by atoms with Crippen molar-refractivity contribution in [3.8, 4) is 0 Å². The number of aryl methyl sites for hydroxylation is 2. The molecule has 4 heteroatoms. The van der Waals surface area contributed by atoms with Crippen molar-refractivity contribution < 1.29 is 0 Å². The number of nitrogens with zero attached hydrogens (tertiary/aromatic N) is 3. The summed E-state index contributed by atoms with van der Waals surface area (Å²) in [4.78, 5) is 2.50. The van der Waals surface area contributed by atoms with E-state index in [0.29, 0.717) is 0 Å². The van der Waals surface area contributed by atoms with Crippen LogP contribution >= 0.6 is 11.6 Å². The smallest absolute Gasteiger partial charge is 0.131 e. The topological polar surface area (TPSA) is 21.1 Å². The molecule has 96 valence electrons. The Morgan fingerprint density at radius 2 is 2.00 bits per heavy atom. The number of hydrogen-bond donors (Lipinski definition) is 0. The first-order valence-corrected chi connectivity index (χ1v) is 6.90. The Kier molecular flexibility index (Phi) is 4.10. The van der Waals surface area contributed by atoms with E-state index in [1.165, 1.54) is 37.9 Å². The lowest BCUT2D eigenvalue weighted by atomic mass is 9.94. The zero-order valence-electron chi connectivity index (χ0n) is 11.0. The highest BCUT2D eigenvalue weighted by molar-refractivity contribution is 6.30. The van der Waals surface area contributed by atoms with Gasteiger partial charge in [-0.2, -0.15) is 5.10 Å². The lowest BCUT2D eigenvalue weighted by molar-refractivity contribution is 0.175. The summed E-state index contributed by atoms with van der Waals surface area (Å²) >= 11 is 6.26. The number of hydrogen-bond acceptors (Lipinski definition) is 2. The van der Waals surface area contributed by atoms with Crippen molar-refractivity contribution in [1.82, 2.24) is 14.7 Å². The second-order valence-electron chi connectivity index (χ2n) is 5.11. The minimum atomic E-state index is 0.792. The van der Waals surface area contributed by atoms with Crippen LogP contribution in [-0.2, 0) is 13.6 Å². The molecule has 0 radical (unpaired) electrons. The molecule has 0 bridgehead atoms. The van der Waals surface area contributed by atoms with E-state index >= 15 is 0 Å². The number of halogens is 1. The van der Waals surface area contributed by atoms with Crippen LogP contribution in [0.5, 0.6) is 0 Å². The standard InChI is InChI=1S/C13H22ClN3/c1-4-11-5-7-17(8-6-11)9-12-10(2)15-16(3)13(12)14/h11H,4-9H2,1-3H3. The fourth-order valence-electron chi connectivity index (χ4n) is 2.63. The molecule has 0 aliphatic carbocycles. The van der Waals surface area contributed by atoms with Crippen molar-refractivity contribution >= 4 is 11.6 Å². The van der Waals surface area contributed by atoms with Crippen LogP contribution in [0.1, 0.15) is 37.4 Å². The van der Waals surface area contributed by atoms with Gasteiger partial charge in [-0.15, -0.1) is 0 Å². The molecule has 2 rings (SSSR count). The molecule has 3 nitrogen and oxygen atoms in total. The maximum atomic E-state index is 6.26. The Balaban J connectivity index is 1.98. The Morgan fingerprint density at radius 3 is 2.47 bits per heavy atom. The summed E-state index contributed by atoms with van der Waals surface area (Å²) < 4.78 is 1.77. The molecular formula is C13H22ClN3. The SMILES string of the molecule is CCC1CCN(Cc2c(C)nn(C)c2Cl)CC1. The second-order valence-corrected chi connectivity index (χ2v) is 5.46. The first-order chi connectivity index (χ1) is 8.11. The molecule has 0 atom stereocenters. The predicted molar refractivity (Wildman–Crippen MR) is 71.2 cm³/mol. The summed E-state index contributed by atoms with van der Waals surface area (Å²) in [5.41, 5.74) is 2.26. The number of likely N-dealkylation sites (tertiary alicyclic amines) is 1. The molecule has 1 aliphatic heterocycles. The van der Waals surface area contributed by atoms with Crippen LogP contribution in [0.25, 0.3) is 0 Å². The van der Waals surface area contributed by atoms with Gasteiger partial charge >= 0.3 is 0 Å². The third-order valence-corrected chi connectivity index (χ3v) is 4.41. The third kappa shape index (κ3) is 2.83. The van der Waals surface area contributed by atoms with Gasteiger partial charge in [0.2, 0.25) is 0 Å². The van der Waals surface area contributed by atoms with E-state index in [4.69, 9.17) is 11.6 Å². The third-order valence-electron chi connectivity index (χ3n) is 3.94. The molecule has 2 heterocycles. The molecule has 1 aliphatic rings. The number of aromatic nitrogens is 2. The van der Waals surface area contributed by atoms with Gasteiger partial charge in [-0.05, 0) is 38.8 Å². The zero-order valence-corrected chi connectivity index (χ0v) is 11.8. The molecular weight excluding hydrogens is 234 g/mol. The highest BCUT2D eigenvalue weighted by atomic mass is 35.5. The van der Waals surface area contributed by atoms with Gasteiger partial charge < -0.3 is 0 Å². The minimum Gasteiger partial charge on any atom is -0.299 e. The van der Waals surface area contributed by atoms with Gasteiger partial charge in [-0.3, -0.25) is 9.58 Å². The van der Waals surface area contributed by atoms with E-state index in [-0.39, 0.29) is 0 Å². The molecule has 1 fully saturated rings. The van der Waals surface area contributed by atoms with E-state index in [0.717, 1.165) is 23.3 Å². The van der Waals surface area contributed by atoms with Gasteiger partial charge in [-0.1, -0.05) is 24.9 Å². The molecule has 0 N–H and O–H groups in total. The summed E-state index contributed by atoms with van der Waals surface area (Å²) in [6.45, 7) is 7.68. The Hall–Kier alpha value is -0.540. The van der Waals surface area contributed by atoms with Crippen LogP contribution in [0.2, 0.25) is 5.15 Å². The number of piperidine rings is 1. The van der Waals surface area contributed by atoms with Crippen LogP contribution in [0, 0.1) is 12.8 Å². The van der Waals surface area contributed by atoms with E-state index in [1.807, 2.05) is 14.0 Å². The number of rotatable bonds is 3. The van der Waals surface area contributed by atoms with Crippen molar-refractivity contribution in [2.24, 2.45) is 13.0 Å². The van der Waals surface area contributed by atoms with Crippen LogP contribution in [0.4, 0.5) is 0 Å². The van der Waals surface area contributed by atoms with Gasteiger partial charge in [0.15, 0.2) is 0 Å². The molecule has 1 saturated heterocycles. The molecule has 0 amide bonds. The van der Waals surface area contributed by atoms with Crippen LogP contribution in [-0.4, -0.2) is 27.8 Å². The lowest BCUT2D eigenvalue weighted by Gasteiger charge is -2.31. The predicted octanol–water partition coefficient (Wildman–Crippen LogP) is 3.00. The lowest BCUT2D eigenvalue weighted by Crippen LogP contribution is -2.33. The first kappa shape index (κ1) is 12.9. The summed E-state index contributed by atoms with van der Waals surface area (Å²) in [6.07, 6.45) is 3.97.